The molecule has 2 atom stereocenters. The first-order chi connectivity index (χ1) is 10.2. The number of hydrazone groups is 1. The van der Waals surface area contributed by atoms with Crippen molar-refractivity contribution >= 4 is 12.1 Å². The number of carbonyl (C=O) groups excluding carboxylic acids is 1. The van der Waals surface area contributed by atoms with E-state index in [-0.39, 0.29) is 17.6 Å². The zero-order chi connectivity index (χ0) is 14.7. The van der Waals surface area contributed by atoms with Gasteiger partial charge in [0.2, 0.25) is 5.91 Å². The summed E-state index contributed by atoms with van der Waals surface area (Å²) in [5.74, 6) is -0.0629. The second kappa shape index (κ2) is 5.87. The minimum atomic E-state index is -0.292. The average Bonchev–Trinajstić information content (AvgIpc) is 3.31. The Balaban J connectivity index is 1.53. The van der Waals surface area contributed by atoms with E-state index in [4.69, 9.17) is 0 Å². The molecule has 106 valence electrons. The molecule has 1 amide bonds. The van der Waals surface area contributed by atoms with E-state index in [1.54, 1.807) is 12.1 Å². The van der Waals surface area contributed by atoms with Crippen molar-refractivity contribution in [3.05, 3.63) is 71.5 Å². The van der Waals surface area contributed by atoms with Crippen LogP contribution in [-0.2, 0) is 4.79 Å². The van der Waals surface area contributed by atoms with Crippen molar-refractivity contribution < 1.29 is 9.18 Å². The number of nitrogens with one attached hydrogen (secondary N) is 1. The third kappa shape index (κ3) is 3.34. The van der Waals surface area contributed by atoms with E-state index < -0.39 is 0 Å². The second-order valence-electron chi connectivity index (χ2n) is 5.15. The lowest BCUT2D eigenvalue weighted by Crippen LogP contribution is -2.20. The fraction of sp³-hybridized carbons (Fsp3) is 0.176. The molecule has 2 aromatic rings. The highest BCUT2D eigenvalue weighted by Crippen LogP contribution is 2.47. The lowest BCUT2D eigenvalue weighted by atomic mass is 10.1. The van der Waals surface area contributed by atoms with Gasteiger partial charge in [0.25, 0.3) is 0 Å². The smallest absolute Gasteiger partial charge is 0.243 e. The van der Waals surface area contributed by atoms with Gasteiger partial charge in [-0.1, -0.05) is 42.5 Å². The molecule has 0 spiro atoms. The molecule has 2 unspecified atom stereocenters. The maximum absolute atomic E-state index is 12.7. The summed E-state index contributed by atoms with van der Waals surface area (Å²) >= 11 is 0. The van der Waals surface area contributed by atoms with Crippen molar-refractivity contribution in [2.45, 2.75) is 12.3 Å². The minimum Gasteiger partial charge on any atom is -0.273 e. The Morgan fingerprint density at radius 3 is 2.57 bits per heavy atom. The minimum absolute atomic E-state index is 0.00207. The Hall–Kier alpha value is -2.49. The molecule has 0 aromatic heterocycles. The molecule has 1 saturated carbocycles. The van der Waals surface area contributed by atoms with Crippen molar-refractivity contribution in [2.75, 3.05) is 0 Å². The molecule has 0 saturated heterocycles. The van der Waals surface area contributed by atoms with Crippen molar-refractivity contribution in [3.8, 4) is 0 Å². The topological polar surface area (TPSA) is 41.5 Å². The molecule has 0 aliphatic heterocycles. The van der Waals surface area contributed by atoms with Crippen LogP contribution in [0.25, 0.3) is 0 Å². The molecule has 3 nitrogen and oxygen atoms in total. The van der Waals surface area contributed by atoms with Gasteiger partial charge in [-0.25, -0.2) is 9.82 Å². The van der Waals surface area contributed by atoms with Crippen LogP contribution < -0.4 is 5.43 Å². The number of halogens is 1. The zero-order valence-corrected chi connectivity index (χ0v) is 11.4. The maximum atomic E-state index is 12.7. The van der Waals surface area contributed by atoms with Gasteiger partial charge in [0.05, 0.1) is 6.21 Å². The van der Waals surface area contributed by atoms with Gasteiger partial charge in [-0.15, -0.1) is 0 Å². The van der Waals surface area contributed by atoms with E-state index in [0.717, 1.165) is 12.0 Å². The molecule has 1 aliphatic rings. The molecular weight excluding hydrogens is 267 g/mol. The number of rotatable bonds is 4. The molecule has 4 heteroatoms. The van der Waals surface area contributed by atoms with E-state index >= 15 is 0 Å². The van der Waals surface area contributed by atoms with Gasteiger partial charge in [0.15, 0.2) is 0 Å². The molecule has 1 fully saturated rings. The van der Waals surface area contributed by atoms with Crippen LogP contribution in [0, 0.1) is 11.7 Å². The van der Waals surface area contributed by atoms with Crippen LogP contribution in [0.1, 0.15) is 23.5 Å². The van der Waals surface area contributed by atoms with Gasteiger partial charge < -0.3 is 0 Å². The molecular formula is C17H15FN2O. The highest BCUT2D eigenvalue weighted by atomic mass is 19.1. The predicted molar refractivity (Wildman–Crippen MR) is 79.4 cm³/mol. The van der Waals surface area contributed by atoms with Crippen LogP contribution >= 0.6 is 0 Å². The SMILES string of the molecule is O=C(N/N=C/c1ccc(F)cc1)C1CC1c1ccccc1. The first kappa shape index (κ1) is 13.5. The Labute approximate surface area is 122 Å². The lowest BCUT2D eigenvalue weighted by Gasteiger charge is -2.00. The Bertz CT molecular complexity index is 652. The number of benzene rings is 2. The summed E-state index contributed by atoms with van der Waals surface area (Å²) in [5.41, 5.74) is 4.48. The maximum Gasteiger partial charge on any atom is 0.243 e. The van der Waals surface area contributed by atoms with Crippen molar-refractivity contribution in [3.63, 3.8) is 0 Å². The molecule has 21 heavy (non-hydrogen) atoms. The first-order valence-corrected chi connectivity index (χ1v) is 6.87. The van der Waals surface area contributed by atoms with Gasteiger partial charge in [-0.3, -0.25) is 4.79 Å². The largest absolute Gasteiger partial charge is 0.273 e. The van der Waals surface area contributed by atoms with Crippen LogP contribution in [0.4, 0.5) is 4.39 Å². The fourth-order valence-corrected chi connectivity index (χ4v) is 2.36. The number of amides is 1. The monoisotopic (exact) mass is 282 g/mol. The summed E-state index contributed by atoms with van der Waals surface area (Å²) in [6.45, 7) is 0. The van der Waals surface area contributed by atoms with Gasteiger partial charge in [-0.2, -0.15) is 5.10 Å². The highest BCUT2D eigenvalue weighted by molar-refractivity contribution is 5.85. The summed E-state index contributed by atoms with van der Waals surface area (Å²) in [6, 6.07) is 15.9. The van der Waals surface area contributed by atoms with Gasteiger partial charge >= 0.3 is 0 Å². The zero-order valence-electron chi connectivity index (χ0n) is 11.4. The standard InChI is InChI=1S/C17H15FN2O/c18-14-8-6-12(7-9-14)11-19-20-17(21)16-10-15(16)13-4-2-1-3-5-13/h1-9,11,15-16H,10H2,(H,20,21)/b19-11+. The third-order valence-corrected chi connectivity index (χ3v) is 3.61. The van der Waals surface area contributed by atoms with Crippen LogP contribution in [0.3, 0.4) is 0 Å². The predicted octanol–water partition coefficient (Wildman–Crippen LogP) is 3.08. The van der Waals surface area contributed by atoms with E-state index in [1.165, 1.54) is 23.9 Å². The van der Waals surface area contributed by atoms with Crippen molar-refractivity contribution in [1.82, 2.24) is 5.43 Å². The summed E-state index contributed by atoms with van der Waals surface area (Å²) in [7, 11) is 0. The van der Waals surface area contributed by atoms with Crippen LogP contribution in [0.5, 0.6) is 0 Å². The van der Waals surface area contributed by atoms with Gasteiger partial charge in [0, 0.05) is 5.92 Å². The lowest BCUT2D eigenvalue weighted by molar-refractivity contribution is -0.122. The molecule has 0 heterocycles. The van der Waals surface area contributed by atoms with Gasteiger partial charge in [-0.05, 0) is 35.6 Å². The number of carbonyl (C=O) groups is 1. The molecule has 0 radical (unpaired) electrons. The molecule has 3 rings (SSSR count). The first-order valence-electron chi connectivity index (χ1n) is 6.87. The number of hydrogen-bond donors (Lipinski definition) is 1. The van der Waals surface area contributed by atoms with Crippen molar-refractivity contribution in [1.29, 1.82) is 0 Å². The van der Waals surface area contributed by atoms with E-state index in [2.05, 4.69) is 10.5 Å². The fourth-order valence-electron chi connectivity index (χ4n) is 2.36. The Morgan fingerprint density at radius 2 is 1.86 bits per heavy atom. The normalized spacial score (nSPS) is 20.4. The van der Waals surface area contributed by atoms with Crippen molar-refractivity contribution in [2.24, 2.45) is 11.0 Å². The van der Waals surface area contributed by atoms with Crippen LogP contribution in [0.2, 0.25) is 0 Å². The number of hydrogen-bond acceptors (Lipinski definition) is 2. The third-order valence-electron chi connectivity index (χ3n) is 3.61. The number of nitrogens with zero attached hydrogens (tertiary/aromatic N) is 1. The highest BCUT2D eigenvalue weighted by Gasteiger charge is 2.43. The van der Waals surface area contributed by atoms with E-state index in [9.17, 15) is 9.18 Å². The molecule has 1 N–H and O–H groups in total. The summed E-state index contributed by atoms with van der Waals surface area (Å²) in [4.78, 5) is 11.9. The average molecular weight is 282 g/mol. The van der Waals surface area contributed by atoms with E-state index in [1.807, 2.05) is 30.3 Å². The van der Waals surface area contributed by atoms with Gasteiger partial charge in [0.1, 0.15) is 5.82 Å². The summed E-state index contributed by atoms with van der Waals surface area (Å²) < 4.78 is 12.7. The van der Waals surface area contributed by atoms with Crippen LogP contribution in [-0.4, -0.2) is 12.1 Å². The molecule has 2 aromatic carbocycles. The molecule has 0 bridgehead atoms. The second-order valence-corrected chi connectivity index (χ2v) is 5.15. The van der Waals surface area contributed by atoms with Crippen LogP contribution in [0.15, 0.2) is 59.7 Å². The van der Waals surface area contributed by atoms with E-state index in [0.29, 0.717) is 5.92 Å². The summed E-state index contributed by atoms with van der Waals surface area (Å²) in [6.07, 6.45) is 2.37. The quantitative estimate of drug-likeness (QED) is 0.679. The molecule has 1 aliphatic carbocycles. The Morgan fingerprint density at radius 1 is 1.14 bits per heavy atom. The summed E-state index contributed by atoms with van der Waals surface area (Å²) in [5, 5.41) is 3.91. The Kier molecular flexibility index (Phi) is 3.77.